The maximum atomic E-state index is 13.3. The van der Waals surface area contributed by atoms with Crippen LogP contribution in [-0.2, 0) is 4.79 Å². The third-order valence-electron chi connectivity index (χ3n) is 1.93. The van der Waals surface area contributed by atoms with Crippen molar-refractivity contribution in [3.05, 3.63) is 33.8 Å². The van der Waals surface area contributed by atoms with E-state index in [0.717, 1.165) is 12.1 Å². The van der Waals surface area contributed by atoms with E-state index in [1.165, 1.54) is 0 Å². The lowest BCUT2D eigenvalue weighted by Crippen LogP contribution is -2.23. The molecule has 1 aromatic carbocycles. The lowest BCUT2D eigenvalue weighted by atomic mass is 9.98. The zero-order chi connectivity index (χ0) is 11.6. The van der Waals surface area contributed by atoms with Crippen molar-refractivity contribution in [3.63, 3.8) is 0 Å². The van der Waals surface area contributed by atoms with Crippen molar-refractivity contribution in [3.8, 4) is 0 Å². The van der Waals surface area contributed by atoms with E-state index in [0.29, 0.717) is 0 Å². The molecular formula is C9H8BrF2NO2. The van der Waals surface area contributed by atoms with E-state index in [9.17, 15) is 13.6 Å². The minimum absolute atomic E-state index is 0.211. The van der Waals surface area contributed by atoms with Crippen molar-refractivity contribution in [2.75, 3.05) is 6.54 Å². The number of benzene rings is 1. The van der Waals surface area contributed by atoms with Gasteiger partial charge < -0.3 is 10.8 Å². The van der Waals surface area contributed by atoms with Crippen LogP contribution in [0.5, 0.6) is 0 Å². The van der Waals surface area contributed by atoms with Gasteiger partial charge in [-0.25, -0.2) is 8.78 Å². The van der Waals surface area contributed by atoms with Crippen LogP contribution in [0.25, 0.3) is 0 Å². The summed E-state index contributed by atoms with van der Waals surface area (Å²) in [6.45, 7) is -0.356. The first-order valence-electron chi connectivity index (χ1n) is 4.04. The largest absolute Gasteiger partial charge is 0.481 e. The minimum atomic E-state index is -1.36. The molecule has 0 amide bonds. The Morgan fingerprint density at radius 1 is 1.47 bits per heavy atom. The van der Waals surface area contributed by atoms with Crippen molar-refractivity contribution in [2.24, 2.45) is 5.73 Å². The molecule has 0 aliphatic rings. The SMILES string of the molecule is NCC(C(=O)O)c1c(F)cc(Br)cc1F. The number of carboxylic acids is 1. The number of aliphatic carboxylic acids is 1. The standard InChI is InChI=1S/C9H8BrF2NO2/c10-4-1-6(11)8(7(12)2-4)5(3-13)9(14)15/h1-2,5H,3,13H2,(H,14,15). The molecule has 0 radical (unpaired) electrons. The maximum absolute atomic E-state index is 13.3. The quantitative estimate of drug-likeness (QED) is 0.888. The molecule has 0 saturated carbocycles. The maximum Gasteiger partial charge on any atom is 0.312 e. The average Bonchev–Trinajstić information content (AvgIpc) is 2.09. The van der Waals surface area contributed by atoms with Crippen LogP contribution in [0.2, 0.25) is 0 Å². The van der Waals surface area contributed by atoms with Crippen LogP contribution in [0.15, 0.2) is 16.6 Å². The Kier molecular flexibility index (Phi) is 3.76. The zero-order valence-corrected chi connectivity index (χ0v) is 9.09. The molecule has 15 heavy (non-hydrogen) atoms. The van der Waals surface area contributed by atoms with E-state index in [-0.39, 0.29) is 11.0 Å². The first-order chi connectivity index (χ1) is 6.97. The van der Waals surface area contributed by atoms with Crippen molar-refractivity contribution in [1.82, 2.24) is 0 Å². The number of rotatable bonds is 3. The van der Waals surface area contributed by atoms with Crippen LogP contribution in [-0.4, -0.2) is 17.6 Å². The molecule has 6 heteroatoms. The Morgan fingerprint density at radius 2 is 1.93 bits per heavy atom. The van der Waals surface area contributed by atoms with Gasteiger partial charge in [0.05, 0.1) is 5.92 Å². The Balaban J connectivity index is 3.29. The van der Waals surface area contributed by atoms with Crippen LogP contribution in [0, 0.1) is 11.6 Å². The second-order valence-electron chi connectivity index (χ2n) is 2.91. The van der Waals surface area contributed by atoms with E-state index in [2.05, 4.69) is 15.9 Å². The predicted octanol–water partition coefficient (Wildman–Crippen LogP) is 1.85. The highest BCUT2D eigenvalue weighted by atomic mass is 79.9. The first-order valence-corrected chi connectivity index (χ1v) is 4.84. The third-order valence-corrected chi connectivity index (χ3v) is 2.38. The number of hydrogen-bond acceptors (Lipinski definition) is 2. The minimum Gasteiger partial charge on any atom is -0.481 e. The Bertz CT molecular complexity index is 375. The Labute approximate surface area is 93.0 Å². The molecule has 82 valence electrons. The molecule has 0 spiro atoms. The summed E-state index contributed by atoms with van der Waals surface area (Å²) in [5.41, 5.74) is 4.65. The normalized spacial score (nSPS) is 12.5. The van der Waals surface area contributed by atoms with Gasteiger partial charge in [0.2, 0.25) is 0 Å². The fourth-order valence-corrected chi connectivity index (χ4v) is 1.63. The summed E-state index contributed by atoms with van der Waals surface area (Å²) in [6.07, 6.45) is 0. The van der Waals surface area contributed by atoms with Crippen molar-refractivity contribution >= 4 is 21.9 Å². The molecule has 1 aromatic rings. The van der Waals surface area contributed by atoms with Crippen molar-refractivity contribution in [2.45, 2.75) is 5.92 Å². The molecule has 0 aliphatic carbocycles. The van der Waals surface area contributed by atoms with Gasteiger partial charge in [-0.05, 0) is 12.1 Å². The molecule has 0 fully saturated rings. The number of halogens is 3. The summed E-state index contributed by atoms with van der Waals surface area (Å²) in [5, 5.41) is 8.72. The summed E-state index contributed by atoms with van der Waals surface area (Å²) in [4.78, 5) is 10.7. The highest BCUT2D eigenvalue weighted by Gasteiger charge is 2.25. The lowest BCUT2D eigenvalue weighted by molar-refractivity contribution is -0.138. The number of hydrogen-bond donors (Lipinski definition) is 2. The fourth-order valence-electron chi connectivity index (χ4n) is 1.23. The van der Waals surface area contributed by atoms with E-state index in [4.69, 9.17) is 10.8 Å². The highest BCUT2D eigenvalue weighted by Crippen LogP contribution is 2.25. The second kappa shape index (κ2) is 4.67. The van der Waals surface area contributed by atoms with Crippen LogP contribution < -0.4 is 5.73 Å². The summed E-state index contributed by atoms with van der Waals surface area (Å²) in [5.74, 6) is -4.55. The summed E-state index contributed by atoms with van der Waals surface area (Å²) >= 11 is 2.90. The first kappa shape index (κ1) is 12.1. The van der Waals surface area contributed by atoms with Crippen LogP contribution in [0.1, 0.15) is 11.5 Å². The lowest BCUT2D eigenvalue weighted by Gasteiger charge is -2.12. The van der Waals surface area contributed by atoms with Gasteiger partial charge in [0, 0.05) is 16.6 Å². The van der Waals surface area contributed by atoms with E-state index < -0.39 is 29.1 Å². The molecule has 1 atom stereocenters. The van der Waals surface area contributed by atoms with Crippen molar-refractivity contribution in [1.29, 1.82) is 0 Å². The van der Waals surface area contributed by atoms with Crippen molar-refractivity contribution < 1.29 is 18.7 Å². The molecule has 1 rings (SSSR count). The van der Waals surface area contributed by atoms with E-state index in [1.807, 2.05) is 0 Å². The molecule has 1 unspecified atom stereocenters. The third kappa shape index (κ3) is 2.51. The Hall–Kier alpha value is -1.01. The molecule has 0 aliphatic heterocycles. The van der Waals surface area contributed by atoms with Gasteiger partial charge >= 0.3 is 5.97 Å². The fraction of sp³-hybridized carbons (Fsp3) is 0.222. The molecule has 3 N–H and O–H groups in total. The molecule has 3 nitrogen and oxygen atoms in total. The van der Waals surface area contributed by atoms with Gasteiger partial charge in [0.1, 0.15) is 11.6 Å². The second-order valence-corrected chi connectivity index (χ2v) is 3.83. The molecular weight excluding hydrogens is 272 g/mol. The monoisotopic (exact) mass is 279 g/mol. The number of carbonyl (C=O) groups is 1. The predicted molar refractivity (Wildman–Crippen MR) is 53.5 cm³/mol. The summed E-state index contributed by atoms with van der Waals surface area (Å²) < 4.78 is 26.9. The van der Waals surface area contributed by atoms with Gasteiger partial charge in [-0.15, -0.1) is 0 Å². The summed E-state index contributed by atoms with van der Waals surface area (Å²) in [7, 11) is 0. The topological polar surface area (TPSA) is 63.3 Å². The average molecular weight is 280 g/mol. The van der Waals surface area contributed by atoms with Crippen LogP contribution in [0.3, 0.4) is 0 Å². The number of nitrogens with two attached hydrogens (primary N) is 1. The summed E-state index contributed by atoms with van der Waals surface area (Å²) in [6, 6.07) is 2.01. The number of carboxylic acid groups (broad SMARTS) is 1. The van der Waals surface area contributed by atoms with Gasteiger partial charge in [-0.3, -0.25) is 4.79 Å². The van der Waals surface area contributed by atoms with Gasteiger partial charge in [0.15, 0.2) is 0 Å². The van der Waals surface area contributed by atoms with E-state index in [1.54, 1.807) is 0 Å². The molecule has 0 aromatic heterocycles. The molecule has 0 heterocycles. The van der Waals surface area contributed by atoms with Gasteiger partial charge in [-0.2, -0.15) is 0 Å². The van der Waals surface area contributed by atoms with Crippen LogP contribution in [0.4, 0.5) is 8.78 Å². The Morgan fingerprint density at radius 3 is 2.27 bits per heavy atom. The van der Waals surface area contributed by atoms with Crippen LogP contribution >= 0.6 is 15.9 Å². The van der Waals surface area contributed by atoms with Gasteiger partial charge in [0.25, 0.3) is 0 Å². The molecule has 0 bridgehead atoms. The highest BCUT2D eigenvalue weighted by molar-refractivity contribution is 9.10. The molecule has 0 saturated heterocycles. The van der Waals surface area contributed by atoms with E-state index >= 15 is 0 Å². The smallest absolute Gasteiger partial charge is 0.312 e. The zero-order valence-electron chi connectivity index (χ0n) is 7.51. The van der Waals surface area contributed by atoms with Gasteiger partial charge in [-0.1, -0.05) is 15.9 Å².